The zero-order valence-electron chi connectivity index (χ0n) is 60.8. The monoisotopic (exact) mass is 1400 g/mol. The van der Waals surface area contributed by atoms with Gasteiger partial charge in [0.15, 0.2) is 5.58 Å². The fraction of sp³-hybridized carbons (Fsp3) is 0.0377. The maximum atomic E-state index is 7.21. The number of hydrogen-bond acceptors (Lipinski definition) is 4. The van der Waals surface area contributed by atoms with Gasteiger partial charge in [0.05, 0.1) is 22.5 Å². The molecule has 0 radical (unpaired) electrons. The van der Waals surface area contributed by atoms with Gasteiger partial charge in [-0.05, 0) is 173 Å². The summed E-state index contributed by atoms with van der Waals surface area (Å²) in [4.78, 5) is 4.91. The first-order chi connectivity index (χ1) is 54.3. The van der Waals surface area contributed by atoms with Crippen LogP contribution < -0.4 is 9.80 Å². The van der Waals surface area contributed by atoms with Crippen molar-refractivity contribution in [3.05, 3.63) is 434 Å². The van der Waals surface area contributed by atoms with Gasteiger partial charge in [-0.3, -0.25) is 0 Å². The van der Waals surface area contributed by atoms with E-state index >= 15 is 0 Å². The van der Waals surface area contributed by atoms with Gasteiger partial charge in [0.1, 0.15) is 16.7 Å². The summed E-state index contributed by atoms with van der Waals surface area (Å²) < 4.78 is 14.2. The third kappa shape index (κ3) is 10.2. The lowest BCUT2D eigenvalue weighted by atomic mass is 9.66. The molecule has 17 aromatic carbocycles. The number of nitrogens with zero attached hydrogens (tertiary/aromatic N) is 2. The highest BCUT2D eigenvalue weighted by Crippen LogP contribution is 2.63. The van der Waals surface area contributed by atoms with Crippen LogP contribution >= 0.6 is 0 Å². The van der Waals surface area contributed by atoms with Crippen molar-refractivity contribution < 1.29 is 8.83 Å². The van der Waals surface area contributed by atoms with Crippen LogP contribution in [-0.2, 0) is 10.8 Å². The van der Waals surface area contributed by atoms with E-state index in [1.807, 2.05) is 0 Å². The third-order valence-electron chi connectivity index (χ3n) is 23.4. The van der Waals surface area contributed by atoms with Crippen molar-refractivity contribution in [2.75, 3.05) is 9.80 Å². The average molecular weight is 1410 g/mol. The van der Waals surface area contributed by atoms with Gasteiger partial charge in [0, 0.05) is 66.3 Å². The summed E-state index contributed by atoms with van der Waals surface area (Å²) in [5.74, 6) is 0. The second-order valence-corrected chi connectivity index (χ2v) is 29.7. The van der Waals surface area contributed by atoms with Crippen molar-refractivity contribution >= 4 is 78.0 Å². The Bertz CT molecular complexity index is 6730. The molecule has 0 saturated heterocycles. The van der Waals surface area contributed by atoms with Crippen molar-refractivity contribution in [1.82, 2.24) is 0 Å². The van der Waals surface area contributed by atoms with Crippen LogP contribution in [0.15, 0.2) is 409 Å². The highest BCUT2D eigenvalue weighted by molar-refractivity contribution is 6.15. The summed E-state index contributed by atoms with van der Waals surface area (Å²) in [6, 6.07) is 147. The van der Waals surface area contributed by atoms with E-state index in [0.717, 1.165) is 139 Å². The first-order valence-corrected chi connectivity index (χ1v) is 38.0. The van der Waals surface area contributed by atoms with Gasteiger partial charge in [-0.25, -0.2) is 0 Å². The Kier molecular flexibility index (Phi) is 15.1. The lowest BCUT2D eigenvalue weighted by Crippen LogP contribution is -2.29. The summed E-state index contributed by atoms with van der Waals surface area (Å²) in [6.45, 7) is 4.71. The van der Waals surface area contributed by atoms with Gasteiger partial charge >= 0.3 is 0 Å². The normalized spacial score (nSPS) is 13.0. The molecule has 21 rings (SSSR count). The molecule has 0 fully saturated rings. The molecule has 2 aliphatic rings. The number of fused-ring (bicyclic) bond motifs is 12. The van der Waals surface area contributed by atoms with E-state index in [-0.39, 0.29) is 5.41 Å². The summed E-state index contributed by atoms with van der Waals surface area (Å²) in [5, 5.41) is 4.36. The standard InChI is InChI=1S/C106H72N2O2/c1-105(2)92-47-18-15-40-90(92)99-94(105)49-26-50-95(99)108(97-51-25-46-89-88-45-23-42-83(102(88)110-104(89)97)73-29-9-4-10-30-73)82-63-57-72(58-64-82)75-32-22-34-77(68-75)76-33-21-31-74(67-76)71-55-61-81(62-56-71)107(80-59-53-70(54-60-80)69-27-7-3-8-28-69)96-66-65-85(87-44-24-43-86-84-39-17-20-52-98(84)109-103(86)87)101-100(96)91-41-16-19-48-93(91)106(101,78-35-11-5-12-36-78)79-37-13-6-14-38-79/h3-68H,1-2H3. The van der Waals surface area contributed by atoms with Crippen molar-refractivity contribution in [3.63, 3.8) is 0 Å². The summed E-state index contributed by atoms with van der Waals surface area (Å²) in [7, 11) is 0. The molecule has 0 spiro atoms. The molecule has 0 bridgehead atoms. The second-order valence-electron chi connectivity index (χ2n) is 29.7. The van der Waals surface area contributed by atoms with Gasteiger partial charge in [-0.2, -0.15) is 0 Å². The second kappa shape index (κ2) is 25.9. The van der Waals surface area contributed by atoms with Gasteiger partial charge < -0.3 is 18.6 Å². The molecule has 0 saturated carbocycles. The Morgan fingerprint density at radius 1 is 0.227 bits per heavy atom. The Morgan fingerprint density at radius 2 is 0.618 bits per heavy atom. The summed E-state index contributed by atoms with van der Waals surface area (Å²) in [5.41, 5.74) is 34.6. The fourth-order valence-electron chi connectivity index (χ4n) is 18.3. The minimum absolute atomic E-state index is 0.191. The zero-order valence-corrected chi connectivity index (χ0v) is 60.8. The molecule has 0 N–H and O–H groups in total. The fourth-order valence-corrected chi connectivity index (χ4v) is 18.3. The molecule has 0 amide bonds. The minimum atomic E-state index is -0.741. The van der Waals surface area contributed by atoms with E-state index in [1.165, 1.54) is 61.2 Å². The Balaban J connectivity index is 0.669. The van der Waals surface area contributed by atoms with E-state index < -0.39 is 5.41 Å². The van der Waals surface area contributed by atoms with Gasteiger partial charge in [0.2, 0.25) is 0 Å². The molecule has 4 nitrogen and oxygen atoms in total. The SMILES string of the molecule is CC1(C)c2ccccc2-c2c(N(c3ccc(-c4cccc(-c5cccc(-c6ccc(N(c7ccc(-c8ccccc8)cc7)c7ccc(-c8cccc9c8oc8ccccc89)c8c7-c7ccccc7C8(c7ccccc7)c7ccccc7)cc6)c5)c4)cc3)c3cccc4c3oc3c(-c5ccccc5)cccc34)cccc21. The van der Waals surface area contributed by atoms with Crippen molar-refractivity contribution in [3.8, 4) is 89.0 Å². The average Bonchev–Trinajstić information content (AvgIpc) is 1.51. The molecule has 0 aliphatic heterocycles. The van der Waals surface area contributed by atoms with Crippen LogP contribution in [-0.4, -0.2) is 0 Å². The van der Waals surface area contributed by atoms with Crippen LogP contribution in [0.1, 0.15) is 47.2 Å². The van der Waals surface area contributed by atoms with E-state index in [4.69, 9.17) is 8.83 Å². The highest BCUT2D eigenvalue weighted by Gasteiger charge is 2.49. The van der Waals surface area contributed by atoms with Crippen LogP contribution in [0.3, 0.4) is 0 Å². The van der Waals surface area contributed by atoms with Crippen LogP contribution in [0.5, 0.6) is 0 Å². The molecule has 2 aliphatic carbocycles. The molecule has 110 heavy (non-hydrogen) atoms. The lowest BCUT2D eigenvalue weighted by Gasteiger charge is -2.36. The molecule has 2 aromatic heterocycles. The molecule has 2 heterocycles. The molecule has 518 valence electrons. The minimum Gasteiger partial charge on any atom is -0.455 e. The molecular formula is C106H72N2O2. The first-order valence-electron chi connectivity index (χ1n) is 38.0. The van der Waals surface area contributed by atoms with E-state index in [0.29, 0.717) is 0 Å². The maximum absolute atomic E-state index is 7.21. The van der Waals surface area contributed by atoms with E-state index in [1.54, 1.807) is 0 Å². The highest BCUT2D eigenvalue weighted by atomic mass is 16.3. The Hall–Kier alpha value is -14.1. The molecule has 4 heteroatoms. The van der Waals surface area contributed by atoms with E-state index in [9.17, 15) is 0 Å². The van der Waals surface area contributed by atoms with Gasteiger partial charge in [0.25, 0.3) is 0 Å². The third-order valence-corrected chi connectivity index (χ3v) is 23.4. The number of hydrogen-bond donors (Lipinski definition) is 0. The number of anilines is 6. The number of benzene rings is 17. The predicted molar refractivity (Wildman–Crippen MR) is 458 cm³/mol. The number of rotatable bonds is 14. The van der Waals surface area contributed by atoms with Crippen molar-refractivity contribution in [2.24, 2.45) is 0 Å². The van der Waals surface area contributed by atoms with Crippen LogP contribution in [0.4, 0.5) is 34.1 Å². The van der Waals surface area contributed by atoms with Crippen LogP contribution in [0.25, 0.3) is 133 Å². The number of furan rings is 2. The lowest BCUT2D eigenvalue weighted by molar-refractivity contribution is 0.660. The maximum Gasteiger partial charge on any atom is 0.159 e. The molecule has 0 atom stereocenters. The van der Waals surface area contributed by atoms with Crippen LogP contribution in [0.2, 0.25) is 0 Å². The largest absolute Gasteiger partial charge is 0.455 e. The predicted octanol–water partition coefficient (Wildman–Crippen LogP) is 29.1. The molecule has 19 aromatic rings. The summed E-state index contributed by atoms with van der Waals surface area (Å²) in [6.07, 6.45) is 0. The van der Waals surface area contributed by atoms with Gasteiger partial charge in [-0.15, -0.1) is 0 Å². The molecular weight excluding hydrogens is 1330 g/mol. The quantitative estimate of drug-likeness (QED) is 0.109. The van der Waals surface area contributed by atoms with E-state index in [2.05, 4.69) is 424 Å². The Morgan fingerprint density at radius 3 is 1.24 bits per heavy atom. The topological polar surface area (TPSA) is 32.8 Å². The van der Waals surface area contributed by atoms with Gasteiger partial charge in [-0.1, -0.05) is 341 Å². The summed E-state index contributed by atoms with van der Waals surface area (Å²) >= 11 is 0. The van der Waals surface area contributed by atoms with Crippen LogP contribution in [0, 0.1) is 0 Å². The molecule has 0 unspecified atom stereocenters. The zero-order chi connectivity index (χ0) is 73.0. The van der Waals surface area contributed by atoms with Crippen molar-refractivity contribution in [2.45, 2.75) is 24.7 Å². The Labute approximate surface area is 640 Å². The smallest absolute Gasteiger partial charge is 0.159 e. The number of para-hydroxylation sites is 4. The van der Waals surface area contributed by atoms with Crippen molar-refractivity contribution in [1.29, 1.82) is 0 Å². The first kappa shape index (κ1) is 64.3.